The monoisotopic (exact) mass is 1780 g/mol. The van der Waals surface area contributed by atoms with E-state index in [9.17, 15) is 5.26 Å². The average Bonchev–Trinajstić information content (AvgIpc) is 1.53. The van der Waals surface area contributed by atoms with E-state index in [1.165, 1.54) is 158 Å². The summed E-state index contributed by atoms with van der Waals surface area (Å²) in [4.78, 5) is 39.8. The molecule has 0 unspecified atom stereocenters. The van der Waals surface area contributed by atoms with Gasteiger partial charge in [0.25, 0.3) is 0 Å². The molecule has 33 aromatic rings. The molecular formula is C125H67N15. The molecule has 0 atom stereocenters. The second-order valence-corrected chi connectivity index (χ2v) is 36.8. The van der Waals surface area contributed by atoms with Crippen molar-refractivity contribution in [1.82, 2.24) is 61.8 Å². The van der Waals surface area contributed by atoms with E-state index in [4.69, 9.17) is 41.5 Å². The van der Waals surface area contributed by atoms with E-state index in [0.29, 0.717) is 28.4 Å². The SMILES string of the molecule is N#Cc1cccc(-c2nc3ccccc3nc2-n2c3cc4ccccc4cc3c3cc4c5ccccc5n5c6ccccc6c(c32)c45)c1.[C-]#[N+]c1cccc(-c2nc(-n3c4cc5ccccc5cc4c4cc5c6ccccc6n6c7ccccc7c(c43)c56)nc3cccnc23)c1.c1ccc2cc3c(cc2c1)c1cc2c4ccccc4n4c5ccccc5c(c1n3-c1ccc3ccc5cccnc5c3n1)c24. The predicted molar refractivity (Wildman–Crippen MR) is 575 cm³/mol. The highest BCUT2D eigenvalue weighted by molar-refractivity contribution is 6.39. The smallest absolute Gasteiger partial charge is 0.235 e. The first-order chi connectivity index (χ1) is 69.4. The summed E-state index contributed by atoms with van der Waals surface area (Å²) >= 11 is 0. The van der Waals surface area contributed by atoms with Crippen LogP contribution >= 0.6 is 0 Å². The largest absolute Gasteiger partial charge is 0.308 e. The van der Waals surface area contributed by atoms with E-state index in [2.05, 4.69) is 341 Å². The van der Waals surface area contributed by atoms with Gasteiger partial charge in [-0.2, -0.15) is 5.26 Å². The molecule has 33 rings (SSSR count). The van der Waals surface area contributed by atoms with E-state index in [1.807, 2.05) is 97.2 Å². The van der Waals surface area contributed by atoms with Gasteiger partial charge in [-0.15, -0.1) is 0 Å². The van der Waals surface area contributed by atoms with Gasteiger partial charge in [0, 0.05) is 126 Å². The molecule has 0 radical (unpaired) electrons. The Kier molecular flexibility index (Phi) is 15.4. The normalized spacial score (nSPS) is 12.3. The summed E-state index contributed by atoms with van der Waals surface area (Å²) in [6, 6.07) is 141. The van der Waals surface area contributed by atoms with Crippen molar-refractivity contribution in [3.05, 3.63) is 424 Å². The van der Waals surface area contributed by atoms with Crippen molar-refractivity contribution in [2.75, 3.05) is 0 Å². The van der Waals surface area contributed by atoms with Crippen LogP contribution in [0.15, 0.2) is 407 Å². The van der Waals surface area contributed by atoms with E-state index in [-0.39, 0.29) is 0 Å². The number of hydrogen-bond acceptors (Lipinski definition) is 8. The van der Waals surface area contributed by atoms with Gasteiger partial charge in [0.1, 0.15) is 22.7 Å². The van der Waals surface area contributed by atoms with Crippen LogP contribution < -0.4 is 0 Å². The topological polar surface area (TPSA) is 146 Å². The van der Waals surface area contributed by atoms with Crippen molar-refractivity contribution < 1.29 is 0 Å². The molecule has 0 saturated heterocycles. The number of fused-ring (bicyclic) bond motifs is 38. The fourth-order valence-corrected chi connectivity index (χ4v) is 23.6. The molecule has 15 heteroatoms. The Morgan fingerprint density at radius 3 is 1.14 bits per heavy atom. The third-order valence-electron chi connectivity index (χ3n) is 29.5. The van der Waals surface area contributed by atoms with Crippen molar-refractivity contribution >= 4 is 262 Å². The lowest BCUT2D eigenvalue weighted by Gasteiger charge is -2.15. The van der Waals surface area contributed by atoms with Crippen molar-refractivity contribution in [2.24, 2.45) is 0 Å². The number of para-hydroxylation sites is 8. The van der Waals surface area contributed by atoms with Crippen molar-refractivity contribution in [3.63, 3.8) is 0 Å². The van der Waals surface area contributed by atoms with E-state index < -0.39 is 0 Å². The summed E-state index contributed by atoms with van der Waals surface area (Å²) in [6.07, 6.45) is 3.63. The van der Waals surface area contributed by atoms with Crippen LogP contribution in [0.3, 0.4) is 0 Å². The van der Waals surface area contributed by atoms with Gasteiger partial charge in [-0.1, -0.05) is 243 Å². The minimum atomic E-state index is 0.556. The first-order valence-electron chi connectivity index (χ1n) is 47.0. The summed E-state index contributed by atoms with van der Waals surface area (Å²) in [5.41, 5.74) is 26.7. The van der Waals surface area contributed by atoms with E-state index in [1.54, 1.807) is 6.20 Å². The molecule has 0 amide bonds. The van der Waals surface area contributed by atoms with E-state index in [0.717, 1.165) is 121 Å². The molecule has 15 nitrogen and oxygen atoms in total. The molecule has 0 N–H and O–H groups in total. The maximum Gasteiger partial charge on any atom is 0.235 e. The molecule has 14 aromatic heterocycles. The summed E-state index contributed by atoms with van der Waals surface area (Å²) in [7, 11) is 0. The highest BCUT2D eigenvalue weighted by Gasteiger charge is 2.32. The predicted octanol–water partition coefficient (Wildman–Crippen LogP) is 31.4. The van der Waals surface area contributed by atoms with Crippen LogP contribution in [0.25, 0.3) is 301 Å². The fourth-order valence-electron chi connectivity index (χ4n) is 23.6. The van der Waals surface area contributed by atoms with Crippen LogP contribution in [0.1, 0.15) is 5.56 Å². The Morgan fingerprint density at radius 1 is 0.243 bits per heavy atom. The molecule has 0 aliphatic carbocycles. The van der Waals surface area contributed by atoms with Gasteiger partial charge >= 0.3 is 0 Å². The highest BCUT2D eigenvalue weighted by atomic mass is 15.2. The summed E-state index contributed by atoms with van der Waals surface area (Å²) in [5, 5.41) is 41.1. The van der Waals surface area contributed by atoms with Gasteiger partial charge in [0.05, 0.1) is 129 Å². The number of benzene rings is 19. The summed E-state index contributed by atoms with van der Waals surface area (Å²) in [6.45, 7) is 7.65. The quantitative estimate of drug-likeness (QED) is 0.122. The van der Waals surface area contributed by atoms with Crippen LogP contribution in [0, 0.1) is 17.9 Å². The molecule has 14 heterocycles. The molecule has 0 spiro atoms. The summed E-state index contributed by atoms with van der Waals surface area (Å²) in [5.74, 6) is 2.20. The van der Waals surface area contributed by atoms with Crippen LogP contribution in [-0.4, -0.2) is 61.8 Å². The average molecular weight is 1780 g/mol. The van der Waals surface area contributed by atoms with Crippen LogP contribution in [0.2, 0.25) is 0 Å². The third kappa shape index (κ3) is 10.5. The molecule has 0 aliphatic rings. The van der Waals surface area contributed by atoms with Gasteiger partial charge in [-0.05, 0) is 190 Å². The number of aromatic nitrogens is 13. The first kappa shape index (κ1) is 75.9. The Morgan fingerprint density at radius 2 is 0.629 bits per heavy atom. The molecule has 0 aliphatic heterocycles. The van der Waals surface area contributed by atoms with Crippen LogP contribution in [0.5, 0.6) is 0 Å². The maximum absolute atomic E-state index is 9.85. The van der Waals surface area contributed by atoms with Gasteiger partial charge < -0.3 is 13.2 Å². The third-order valence-corrected chi connectivity index (χ3v) is 29.5. The van der Waals surface area contributed by atoms with Crippen molar-refractivity contribution in [2.45, 2.75) is 0 Å². The number of hydrogen-bond donors (Lipinski definition) is 0. The zero-order valence-corrected chi connectivity index (χ0v) is 74.4. The zero-order valence-electron chi connectivity index (χ0n) is 74.4. The number of rotatable bonds is 5. The Labute approximate surface area is 793 Å². The van der Waals surface area contributed by atoms with E-state index >= 15 is 0 Å². The zero-order chi connectivity index (χ0) is 91.5. The molecule has 140 heavy (non-hydrogen) atoms. The lowest BCUT2D eigenvalue weighted by molar-refractivity contribution is 1.01. The minimum Gasteiger partial charge on any atom is -0.308 e. The number of nitriles is 1. The van der Waals surface area contributed by atoms with Gasteiger partial charge in [0.15, 0.2) is 11.5 Å². The van der Waals surface area contributed by atoms with Gasteiger partial charge in [-0.3, -0.25) is 23.7 Å². The number of pyridine rings is 3. The lowest BCUT2D eigenvalue weighted by Crippen LogP contribution is -2.04. The van der Waals surface area contributed by atoms with Crippen LogP contribution in [-0.2, 0) is 0 Å². The molecule has 0 bridgehead atoms. The lowest BCUT2D eigenvalue weighted by atomic mass is 10.0. The van der Waals surface area contributed by atoms with Gasteiger partial charge in [0.2, 0.25) is 5.95 Å². The molecular weight excluding hydrogens is 1710 g/mol. The Balaban J connectivity index is 0.0000000969. The fraction of sp³-hybridized carbons (Fsp3) is 0. The first-order valence-corrected chi connectivity index (χ1v) is 47.0. The second kappa shape index (κ2) is 28.5. The van der Waals surface area contributed by atoms with Gasteiger partial charge in [-0.25, -0.2) is 29.8 Å². The summed E-state index contributed by atoms with van der Waals surface area (Å²) < 4.78 is 14.3. The molecule has 0 saturated carbocycles. The van der Waals surface area contributed by atoms with Crippen LogP contribution in [0.4, 0.5) is 5.69 Å². The maximum atomic E-state index is 9.85. The Bertz CT molecular complexity index is 11400. The van der Waals surface area contributed by atoms with Crippen molar-refractivity contribution in [3.8, 4) is 46.2 Å². The second-order valence-electron chi connectivity index (χ2n) is 36.8. The number of nitrogens with zero attached hydrogens (tertiary/aromatic N) is 15. The standard InChI is InChI=1S/C43H23N5.C42H22N6.C40H22N4/c44-24-25-10-9-13-28(20-25)40-43(46-35-17-6-5-16-34(35)45-40)48-38-22-27-12-2-1-11-26(27)21-31(38)33-23-32-29-14-3-7-18-36(29)47-37-19-8-4-15-30(37)39(41(32)47)42(33)48;1-43-27-13-8-12-26(20-27)38-39-33(16-9-19-44-39)45-42(46-38)48-36-22-25-11-3-2-10-24(25)21-30(36)32-23-31-28-14-4-6-17-34(28)47-35-18-7-5-15-29(35)37(40(31)47)41(32)48;1-2-9-26-21-34-29(20-25(26)8-1)31-22-30-27-11-3-5-13-32(27)43-33-14-6-4-12-28(33)36(39(30)43)40(31)44(34)35-18-17-24-16-15-23-10-7-19-41-37(23)38(24)42-35/h1-23H;2-23H;1-22H. The Hall–Kier alpha value is -19.6. The molecule has 0 fully saturated rings. The molecule has 642 valence electrons. The molecule has 19 aromatic carbocycles. The minimum absolute atomic E-state index is 0.556. The highest BCUT2D eigenvalue weighted by Crippen LogP contribution is 2.53. The van der Waals surface area contributed by atoms with Crippen molar-refractivity contribution in [1.29, 1.82) is 5.26 Å².